The molecule has 0 bridgehead atoms. The van der Waals surface area contributed by atoms with E-state index in [-0.39, 0.29) is 0 Å². The number of fused-ring (bicyclic) bond motifs is 1. The number of aryl methyl sites for hydroxylation is 2. The van der Waals surface area contributed by atoms with Crippen molar-refractivity contribution in [1.29, 1.82) is 0 Å². The topological polar surface area (TPSA) is 26.0 Å². The van der Waals surface area contributed by atoms with Gasteiger partial charge in [-0.3, -0.25) is 0 Å². The molecule has 2 rings (SSSR count). The second-order valence-corrected chi connectivity index (χ2v) is 3.78. The fourth-order valence-electron chi connectivity index (χ4n) is 1.93. The van der Waals surface area contributed by atoms with Crippen LogP contribution in [0.1, 0.15) is 29.2 Å². The van der Waals surface area contributed by atoms with Gasteiger partial charge in [-0.15, -0.1) is 0 Å². The van der Waals surface area contributed by atoms with E-state index in [0.717, 1.165) is 12.8 Å². The maximum atomic E-state index is 5.97. The summed E-state index contributed by atoms with van der Waals surface area (Å²) in [7, 11) is 2.17. The number of benzene rings is 1. The van der Waals surface area contributed by atoms with Gasteiger partial charge in [0.05, 0.1) is 0 Å². The van der Waals surface area contributed by atoms with Crippen molar-refractivity contribution in [2.24, 2.45) is 5.73 Å². The molecule has 0 amide bonds. The predicted molar refractivity (Wildman–Crippen MR) is 54.6 cm³/mol. The van der Waals surface area contributed by atoms with Gasteiger partial charge in [0, 0.05) is 6.04 Å². The average molecular weight is 159 g/mol. The molecule has 0 aliphatic heterocycles. The van der Waals surface area contributed by atoms with Gasteiger partial charge >= 0.3 is 0 Å². The van der Waals surface area contributed by atoms with Crippen molar-refractivity contribution in [3.05, 3.63) is 28.8 Å². The van der Waals surface area contributed by atoms with Crippen molar-refractivity contribution in [3.8, 4) is 0 Å². The Kier molecular flexibility index (Phi) is 1.73. The Morgan fingerprint density at radius 2 is 2.25 bits per heavy atom. The van der Waals surface area contributed by atoms with E-state index in [2.05, 4.69) is 26.9 Å². The summed E-state index contributed by atoms with van der Waals surface area (Å²) in [6, 6.07) is 4.83. The summed E-state index contributed by atoms with van der Waals surface area (Å²) in [5.41, 5.74) is 11.6. The lowest BCUT2D eigenvalue weighted by molar-refractivity contribution is 0.713. The molecule has 0 fully saturated rings. The number of nitrogens with two attached hydrogens (primary N) is 1. The van der Waals surface area contributed by atoms with E-state index in [4.69, 9.17) is 5.73 Å². The molecule has 0 saturated carbocycles. The minimum Gasteiger partial charge on any atom is -0.324 e. The van der Waals surface area contributed by atoms with Gasteiger partial charge in [0.25, 0.3) is 0 Å². The third-order valence-electron chi connectivity index (χ3n) is 2.88. The van der Waals surface area contributed by atoms with E-state index in [1.165, 1.54) is 22.2 Å². The first kappa shape index (κ1) is 7.87. The van der Waals surface area contributed by atoms with Crippen LogP contribution in [-0.4, -0.2) is 7.85 Å². The zero-order chi connectivity index (χ0) is 8.72. The summed E-state index contributed by atoms with van der Waals surface area (Å²) in [6.45, 7) is 2.15. The summed E-state index contributed by atoms with van der Waals surface area (Å²) in [4.78, 5) is 0. The Labute approximate surface area is 74.4 Å². The Morgan fingerprint density at radius 3 is 3.00 bits per heavy atom. The summed E-state index contributed by atoms with van der Waals surface area (Å²) in [5.74, 6) is 0. The highest BCUT2D eigenvalue weighted by atomic mass is 14.6. The first-order valence-corrected chi connectivity index (χ1v) is 4.54. The zero-order valence-corrected chi connectivity index (χ0v) is 7.72. The van der Waals surface area contributed by atoms with Gasteiger partial charge in [-0.25, -0.2) is 0 Å². The lowest BCUT2D eigenvalue weighted by Crippen LogP contribution is -2.11. The molecule has 1 aliphatic rings. The molecule has 0 spiro atoms. The van der Waals surface area contributed by atoms with Gasteiger partial charge in [0.15, 0.2) is 0 Å². The lowest BCUT2D eigenvalue weighted by Gasteiger charge is -2.07. The molecule has 0 saturated heterocycles. The van der Waals surface area contributed by atoms with Crippen LogP contribution in [0.2, 0.25) is 0 Å². The lowest BCUT2D eigenvalue weighted by atomic mass is 9.88. The third-order valence-corrected chi connectivity index (χ3v) is 2.88. The molecule has 1 aliphatic carbocycles. The SMILES string of the molecule is Bc1cc2c(cc1C)C(N)CC2. The molecule has 2 heteroatoms. The predicted octanol–water partition coefficient (Wildman–Crippen LogP) is 0.199. The second-order valence-electron chi connectivity index (χ2n) is 3.78. The van der Waals surface area contributed by atoms with Gasteiger partial charge in [0.2, 0.25) is 0 Å². The standard InChI is InChI=1S/C10H14BN/c1-6-4-8-7(5-9(6)11)2-3-10(8)12/h4-5,10H,2-3,11-12H2,1H3. The second kappa shape index (κ2) is 2.63. The molecule has 1 nitrogen and oxygen atoms in total. The van der Waals surface area contributed by atoms with Crippen molar-refractivity contribution < 1.29 is 0 Å². The van der Waals surface area contributed by atoms with Crippen LogP contribution in [0.4, 0.5) is 0 Å². The molecular weight excluding hydrogens is 145 g/mol. The first-order chi connectivity index (χ1) is 5.68. The van der Waals surface area contributed by atoms with Crippen LogP contribution < -0.4 is 11.2 Å². The van der Waals surface area contributed by atoms with Crippen molar-refractivity contribution in [1.82, 2.24) is 0 Å². The summed E-state index contributed by atoms with van der Waals surface area (Å²) >= 11 is 0. The van der Waals surface area contributed by atoms with Gasteiger partial charge < -0.3 is 5.73 Å². The Morgan fingerprint density at radius 1 is 1.50 bits per heavy atom. The van der Waals surface area contributed by atoms with Crippen LogP contribution in [0.15, 0.2) is 12.1 Å². The monoisotopic (exact) mass is 159 g/mol. The molecule has 1 aromatic rings. The third kappa shape index (κ3) is 1.07. The Hall–Kier alpha value is -0.755. The van der Waals surface area contributed by atoms with Gasteiger partial charge in [-0.1, -0.05) is 23.2 Å². The van der Waals surface area contributed by atoms with Crippen LogP contribution in [0, 0.1) is 6.92 Å². The summed E-state index contributed by atoms with van der Waals surface area (Å²) in [6.07, 6.45) is 2.29. The van der Waals surface area contributed by atoms with E-state index in [0.29, 0.717) is 6.04 Å². The molecular formula is C10H14BN. The van der Waals surface area contributed by atoms with E-state index in [1.54, 1.807) is 0 Å². The maximum absolute atomic E-state index is 5.97. The molecule has 1 unspecified atom stereocenters. The van der Waals surface area contributed by atoms with E-state index in [9.17, 15) is 0 Å². The maximum Gasteiger partial charge on any atom is 0.139 e. The average Bonchev–Trinajstić information content (AvgIpc) is 2.35. The van der Waals surface area contributed by atoms with Gasteiger partial charge in [0.1, 0.15) is 7.85 Å². The Balaban J connectivity index is 2.56. The molecule has 0 heterocycles. The fourth-order valence-corrected chi connectivity index (χ4v) is 1.93. The quantitative estimate of drug-likeness (QED) is 0.537. The minimum absolute atomic E-state index is 0.291. The van der Waals surface area contributed by atoms with Gasteiger partial charge in [-0.2, -0.15) is 0 Å². The normalized spacial score (nSPS) is 21.0. The highest BCUT2D eigenvalue weighted by molar-refractivity contribution is 6.33. The van der Waals surface area contributed by atoms with Crippen LogP contribution in [0.25, 0.3) is 0 Å². The fraction of sp³-hybridized carbons (Fsp3) is 0.400. The molecule has 62 valence electrons. The molecule has 1 atom stereocenters. The number of hydrogen-bond donors (Lipinski definition) is 1. The molecule has 2 N–H and O–H groups in total. The van der Waals surface area contributed by atoms with E-state index in [1.807, 2.05) is 0 Å². The Bertz CT molecular complexity index is 320. The van der Waals surface area contributed by atoms with Crippen molar-refractivity contribution in [2.45, 2.75) is 25.8 Å². The number of rotatable bonds is 0. The molecule has 0 aromatic heterocycles. The van der Waals surface area contributed by atoms with Gasteiger partial charge in [-0.05, 0) is 30.9 Å². The smallest absolute Gasteiger partial charge is 0.139 e. The van der Waals surface area contributed by atoms with Crippen molar-refractivity contribution in [2.75, 3.05) is 0 Å². The molecule has 1 aromatic carbocycles. The van der Waals surface area contributed by atoms with Crippen LogP contribution >= 0.6 is 0 Å². The van der Waals surface area contributed by atoms with E-state index < -0.39 is 0 Å². The summed E-state index contributed by atoms with van der Waals surface area (Å²) in [5, 5.41) is 0. The molecule has 0 radical (unpaired) electrons. The first-order valence-electron chi connectivity index (χ1n) is 4.54. The minimum atomic E-state index is 0.291. The molecule has 12 heavy (non-hydrogen) atoms. The van der Waals surface area contributed by atoms with Crippen LogP contribution in [0.5, 0.6) is 0 Å². The highest BCUT2D eigenvalue weighted by Crippen LogP contribution is 2.28. The highest BCUT2D eigenvalue weighted by Gasteiger charge is 2.18. The largest absolute Gasteiger partial charge is 0.324 e. The van der Waals surface area contributed by atoms with Crippen LogP contribution in [0.3, 0.4) is 0 Å². The van der Waals surface area contributed by atoms with Crippen molar-refractivity contribution in [3.63, 3.8) is 0 Å². The van der Waals surface area contributed by atoms with Crippen LogP contribution in [-0.2, 0) is 6.42 Å². The summed E-state index contributed by atoms with van der Waals surface area (Å²) < 4.78 is 0. The van der Waals surface area contributed by atoms with E-state index >= 15 is 0 Å². The zero-order valence-electron chi connectivity index (χ0n) is 7.72. The van der Waals surface area contributed by atoms with Crippen molar-refractivity contribution >= 4 is 13.3 Å². The number of hydrogen-bond acceptors (Lipinski definition) is 1.